The molecule has 1 aliphatic heterocycles. The first-order valence-electron chi connectivity index (χ1n) is 7.41. The third kappa shape index (κ3) is 3.39. The number of piperidine rings is 1. The van der Waals surface area contributed by atoms with E-state index in [-0.39, 0.29) is 12.1 Å². The van der Waals surface area contributed by atoms with Gasteiger partial charge in [-0.3, -0.25) is 0 Å². The largest absolute Gasteiger partial charge is 0.480 e. The van der Waals surface area contributed by atoms with Crippen LogP contribution in [0.2, 0.25) is 0 Å². The summed E-state index contributed by atoms with van der Waals surface area (Å²) in [6.07, 6.45) is 6.85. The smallest absolute Gasteiger partial charge is 0.326 e. The van der Waals surface area contributed by atoms with Gasteiger partial charge < -0.3 is 15.3 Å². The van der Waals surface area contributed by atoms with Gasteiger partial charge in [-0.1, -0.05) is 26.2 Å². The van der Waals surface area contributed by atoms with Crippen LogP contribution >= 0.6 is 0 Å². The number of carbonyl (C=O) groups excluding carboxylic acids is 1. The number of carboxylic acids is 1. The van der Waals surface area contributed by atoms with E-state index in [0.717, 1.165) is 38.5 Å². The lowest BCUT2D eigenvalue weighted by Gasteiger charge is -2.37. The molecule has 0 radical (unpaired) electrons. The van der Waals surface area contributed by atoms with Crippen LogP contribution in [0.3, 0.4) is 0 Å². The van der Waals surface area contributed by atoms with Gasteiger partial charge in [-0.15, -0.1) is 0 Å². The lowest BCUT2D eigenvalue weighted by Crippen LogP contribution is -2.54. The first-order chi connectivity index (χ1) is 9.11. The number of hydrogen-bond donors (Lipinski definition) is 2. The molecule has 2 fully saturated rings. The Kier molecular flexibility index (Phi) is 4.66. The summed E-state index contributed by atoms with van der Waals surface area (Å²) in [6, 6.07) is -0.597. The van der Waals surface area contributed by atoms with Gasteiger partial charge >= 0.3 is 12.0 Å². The second-order valence-electron chi connectivity index (χ2n) is 5.78. The number of nitrogens with zero attached hydrogens (tertiary/aromatic N) is 1. The monoisotopic (exact) mass is 268 g/mol. The Bertz CT molecular complexity index is 340. The zero-order valence-electron chi connectivity index (χ0n) is 11.6. The molecule has 0 aromatic carbocycles. The molecule has 5 nitrogen and oxygen atoms in total. The molecule has 0 aromatic heterocycles. The second-order valence-corrected chi connectivity index (χ2v) is 5.78. The lowest BCUT2D eigenvalue weighted by atomic mass is 9.89. The predicted octanol–water partition coefficient (Wildman–Crippen LogP) is 2.21. The number of aliphatic carboxylic acids is 1. The van der Waals surface area contributed by atoms with Crippen molar-refractivity contribution < 1.29 is 14.7 Å². The number of carbonyl (C=O) groups is 2. The summed E-state index contributed by atoms with van der Waals surface area (Å²) in [7, 11) is 0. The van der Waals surface area contributed by atoms with E-state index in [1.807, 2.05) is 0 Å². The highest BCUT2D eigenvalue weighted by molar-refractivity contribution is 5.83. The van der Waals surface area contributed by atoms with Crippen LogP contribution < -0.4 is 5.32 Å². The van der Waals surface area contributed by atoms with Crippen molar-refractivity contribution in [1.29, 1.82) is 0 Å². The Hall–Kier alpha value is -1.26. The first-order valence-corrected chi connectivity index (χ1v) is 7.41. The molecule has 1 saturated heterocycles. The Balaban J connectivity index is 1.96. The van der Waals surface area contributed by atoms with Gasteiger partial charge in [0.2, 0.25) is 0 Å². The Labute approximate surface area is 114 Å². The van der Waals surface area contributed by atoms with Crippen LogP contribution in [0.15, 0.2) is 0 Å². The van der Waals surface area contributed by atoms with Crippen LogP contribution in [0.5, 0.6) is 0 Å². The molecule has 2 unspecified atom stereocenters. The topological polar surface area (TPSA) is 69.6 Å². The van der Waals surface area contributed by atoms with Crippen molar-refractivity contribution in [2.24, 2.45) is 5.92 Å². The van der Waals surface area contributed by atoms with Crippen molar-refractivity contribution in [2.45, 2.75) is 64.0 Å². The van der Waals surface area contributed by atoms with Gasteiger partial charge in [-0.25, -0.2) is 9.59 Å². The van der Waals surface area contributed by atoms with Gasteiger partial charge in [0.1, 0.15) is 6.04 Å². The number of amides is 2. The van der Waals surface area contributed by atoms with Gasteiger partial charge in [0.25, 0.3) is 0 Å². The molecule has 2 N–H and O–H groups in total. The SMILES string of the molecule is CCC1CCN(C(=O)NC2CCCC2)C(C(=O)O)C1. The van der Waals surface area contributed by atoms with E-state index >= 15 is 0 Å². The van der Waals surface area contributed by atoms with Crippen molar-refractivity contribution in [3.05, 3.63) is 0 Å². The molecule has 2 aliphatic rings. The zero-order valence-corrected chi connectivity index (χ0v) is 11.6. The molecular weight excluding hydrogens is 244 g/mol. The molecule has 1 saturated carbocycles. The maximum atomic E-state index is 12.2. The van der Waals surface area contributed by atoms with Gasteiger partial charge in [-0.2, -0.15) is 0 Å². The molecule has 1 aliphatic carbocycles. The number of likely N-dealkylation sites (tertiary alicyclic amines) is 1. The van der Waals surface area contributed by atoms with Crippen LogP contribution in [-0.4, -0.2) is 40.6 Å². The number of urea groups is 1. The zero-order chi connectivity index (χ0) is 13.8. The van der Waals surface area contributed by atoms with Crippen LogP contribution in [0.25, 0.3) is 0 Å². The summed E-state index contributed by atoms with van der Waals surface area (Å²) in [5.74, 6) is -0.448. The van der Waals surface area contributed by atoms with Gasteiger partial charge in [0.05, 0.1) is 0 Å². The fourth-order valence-corrected chi connectivity index (χ4v) is 3.21. The van der Waals surface area contributed by atoms with E-state index in [0.29, 0.717) is 18.9 Å². The highest BCUT2D eigenvalue weighted by Gasteiger charge is 2.36. The van der Waals surface area contributed by atoms with E-state index in [1.54, 1.807) is 0 Å². The molecule has 5 heteroatoms. The molecule has 2 rings (SSSR count). The summed E-state index contributed by atoms with van der Waals surface area (Å²) >= 11 is 0. The van der Waals surface area contributed by atoms with Crippen molar-refractivity contribution in [2.75, 3.05) is 6.54 Å². The summed E-state index contributed by atoms with van der Waals surface area (Å²) in [6.45, 7) is 2.64. The molecule has 1 heterocycles. The Morgan fingerprint density at radius 2 is 1.95 bits per heavy atom. The normalized spacial score (nSPS) is 28.4. The maximum absolute atomic E-state index is 12.2. The molecule has 2 atom stereocenters. The minimum Gasteiger partial charge on any atom is -0.480 e. The molecule has 2 amide bonds. The average Bonchev–Trinajstić information content (AvgIpc) is 2.90. The van der Waals surface area contributed by atoms with Crippen LogP contribution in [0.4, 0.5) is 4.79 Å². The van der Waals surface area contributed by atoms with Gasteiger partial charge in [0.15, 0.2) is 0 Å². The quantitative estimate of drug-likeness (QED) is 0.824. The van der Waals surface area contributed by atoms with E-state index in [9.17, 15) is 14.7 Å². The third-order valence-electron chi connectivity index (χ3n) is 4.52. The van der Waals surface area contributed by atoms with E-state index in [1.165, 1.54) is 4.90 Å². The molecular formula is C14H24N2O3. The minimum absolute atomic E-state index is 0.186. The van der Waals surface area contributed by atoms with Crippen LogP contribution in [-0.2, 0) is 4.79 Å². The van der Waals surface area contributed by atoms with E-state index < -0.39 is 12.0 Å². The third-order valence-corrected chi connectivity index (χ3v) is 4.52. The van der Waals surface area contributed by atoms with E-state index in [4.69, 9.17) is 0 Å². The van der Waals surface area contributed by atoms with Gasteiger partial charge in [-0.05, 0) is 31.6 Å². The summed E-state index contributed by atoms with van der Waals surface area (Å²) in [4.78, 5) is 25.1. The number of hydrogen-bond acceptors (Lipinski definition) is 2. The Morgan fingerprint density at radius 3 is 2.53 bits per heavy atom. The van der Waals surface area contributed by atoms with Crippen molar-refractivity contribution in [1.82, 2.24) is 10.2 Å². The maximum Gasteiger partial charge on any atom is 0.326 e. The number of carboxylic acid groups (broad SMARTS) is 1. The minimum atomic E-state index is -0.875. The highest BCUT2D eigenvalue weighted by atomic mass is 16.4. The summed E-state index contributed by atoms with van der Waals surface area (Å²) < 4.78 is 0. The number of rotatable bonds is 3. The summed E-state index contributed by atoms with van der Waals surface area (Å²) in [5, 5.41) is 12.3. The fraction of sp³-hybridized carbons (Fsp3) is 0.857. The van der Waals surface area contributed by atoms with Crippen molar-refractivity contribution in [3.63, 3.8) is 0 Å². The molecule has 108 valence electrons. The highest BCUT2D eigenvalue weighted by Crippen LogP contribution is 2.26. The average molecular weight is 268 g/mol. The van der Waals surface area contributed by atoms with Crippen LogP contribution in [0.1, 0.15) is 51.9 Å². The van der Waals surface area contributed by atoms with Crippen LogP contribution in [0, 0.1) is 5.92 Å². The molecule has 0 aromatic rings. The molecule has 19 heavy (non-hydrogen) atoms. The Morgan fingerprint density at radius 1 is 1.26 bits per heavy atom. The first kappa shape index (κ1) is 14.2. The lowest BCUT2D eigenvalue weighted by molar-refractivity contribution is -0.144. The molecule has 0 spiro atoms. The van der Waals surface area contributed by atoms with Crippen molar-refractivity contribution >= 4 is 12.0 Å². The standard InChI is InChI=1S/C14H24N2O3/c1-2-10-7-8-16(12(9-10)13(17)18)14(19)15-11-5-3-4-6-11/h10-12H,2-9H2,1H3,(H,15,19)(H,17,18). The second kappa shape index (κ2) is 6.26. The van der Waals surface area contributed by atoms with E-state index in [2.05, 4.69) is 12.2 Å². The number of nitrogens with one attached hydrogen (secondary N) is 1. The van der Waals surface area contributed by atoms with Crippen molar-refractivity contribution in [3.8, 4) is 0 Å². The summed E-state index contributed by atoms with van der Waals surface area (Å²) in [5.41, 5.74) is 0. The van der Waals surface area contributed by atoms with Gasteiger partial charge in [0, 0.05) is 12.6 Å². The predicted molar refractivity (Wildman–Crippen MR) is 71.9 cm³/mol. The molecule has 0 bridgehead atoms. The fourth-order valence-electron chi connectivity index (χ4n) is 3.21.